The molecular formula is C22H27NO4. The summed E-state index contributed by atoms with van der Waals surface area (Å²) in [6.45, 7) is 6.84. The summed E-state index contributed by atoms with van der Waals surface area (Å²) >= 11 is 0. The molecule has 0 spiro atoms. The van der Waals surface area contributed by atoms with E-state index in [2.05, 4.69) is 17.4 Å². The molecule has 0 aliphatic rings. The van der Waals surface area contributed by atoms with Crippen molar-refractivity contribution in [3.05, 3.63) is 60.2 Å². The highest BCUT2D eigenvalue weighted by Gasteiger charge is 2.20. The van der Waals surface area contributed by atoms with Gasteiger partial charge in [0, 0.05) is 6.92 Å². The number of benzene rings is 2. The molecule has 27 heavy (non-hydrogen) atoms. The minimum atomic E-state index is -0.590. The number of ether oxygens (including phenoxy) is 2. The van der Waals surface area contributed by atoms with Gasteiger partial charge in [0.05, 0.1) is 6.04 Å². The van der Waals surface area contributed by atoms with Crippen molar-refractivity contribution in [2.75, 3.05) is 6.61 Å². The molecule has 2 aromatic carbocycles. The number of alkyl carbamates (subject to hydrolysis) is 1. The molecule has 1 amide bonds. The average Bonchev–Trinajstić information content (AvgIpc) is 2.59. The minimum Gasteiger partial charge on any atom is -0.464 e. The zero-order valence-corrected chi connectivity index (χ0v) is 16.3. The van der Waals surface area contributed by atoms with E-state index in [1.54, 1.807) is 20.8 Å². The maximum atomic E-state index is 12.1. The fourth-order valence-electron chi connectivity index (χ4n) is 2.59. The second-order valence-corrected chi connectivity index (χ2v) is 7.41. The summed E-state index contributed by atoms with van der Waals surface area (Å²) in [6.07, 6.45) is 0.00210. The molecule has 0 unspecified atom stereocenters. The number of hydrogen-bond donors (Lipinski definition) is 1. The van der Waals surface area contributed by atoms with E-state index in [-0.39, 0.29) is 18.6 Å². The molecule has 0 saturated heterocycles. The maximum Gasteiger partial charge on any atom is 0.408 e. The number of rotatable bonds is 6. The van der Waals surface area contributed by atoms with Crippen LogP contribution in [0.25, 0.3) is 11.1 Å². The van der Waals surface area contributed by atoms with Crippen molar-refractivity contribution < 1.29 is 19.1 Å². The molecule has 0 aliphatic heterocycles. The van der Waals surface area contributed by atoms with E-state index in [0.29, 0.717) is 6.42 Å². The quantitative estimate of drug-likeness (QED) is 0.769. The van der Waals surface area contributed by atoms with Gasteiger partial charge in [-0.25, -0.2) is 4.79 Å². The van der Waals surface area contributed by atoms with Gasteiger partial charge in [0.2, 0.25) is 0 Å². The Morgan fingerprint density at radius 2 is 1.56 bits per heavy atom. The fraction of sp³-hybridized carbons (Fsp3) is 0.364. The Kier molecular flexibility index (Phi) is 6.99. The van der Waals surface area contributed by atoms with Crippen LogP contribution in [0, 0.1) is 0 Å². The molecule has 0 bridgehead atoms. The molecule has 1 atom stereocenters. The van der Waals surface area contributed by atoms with Gasteiger partial charge in [-0.1, -0.05) is 54.6 Å². The van der Waals surface area contributed by atoms with Crippen molar-refractivity contribution in [3.63, 3.8) is 0 Å². The van der Waals surface area contributed by atoms with E-state index in [4.69, 9.17) is 9.47 Å². The molecule has 2 aromatic rings. The zero-order valence-electron chi connectivity index (χ0n) is 16.3. The predicted molar refractivity (Wildman–Crippen MR) is 105 cm³/mol. The summed E-state index contributed by atoms with van der Waals surface area (Å²) in [6, 6.07) is 17.9. The van der Waals surface area contributed by atoms with Crippen molar-refractivity contribution in [2.45, 2.75) is 45.8 Å². The van der Waals surface area contributed by atoms with Gasteiger partial charge in [-0.15, -0.1) is 0 Å². The van der Waals surface area contributed by atoms with E-state index in [1.165, 1.54) is 6.92 Å². The van der Waals surface area contributed by atoms with Crippen LogP contribution in [0.5, 0.6) is 0 Å². The lowest BCUT2D eigenvalue weighted by molar-refractivity contribution is -0.141. The molecule has 5 nitrogen and oxygen atoms in total. The normalized spacial score (nSPS) is 12.1. The first-order chi connectivity index (χ1) is 12.7. The van der Waals surface area contributed by atoms with Gasteiger partial charge in [-0.2, -0.15) is 0 Å². The smallest absolute Gasteiger partial charge is 0.408 e. The van der Waals surface area contributed by atoms with E-state index in [1.807, 2.05) is 42.5 Å². The van der Waals surface area contributed by atoms with Crippen LogP contribution >= 0.6 is 0 Å². The minimum absolute atomic E-state index is 0.0923. The van der Waals surface area contributed by atoms with E-state index >= 15 is 0 Å². The summed E-state index contributed by atoms with van der Waals surface area (Å²) in [5, 5.41) is 2.79. The molecule has 2 rings (SSSR count). The number of amides is 1. The highest BCUT2D eigenvalue weighted by atomic mass is 16.6. The van der Waals surface area contributed by atoms with Crippen molar-refractivity contribution in [2.24, 2.45) is 0 Å². The lowest BCUT2D eigenvalue weighted by Crippen LogP contribution is -2.43. The van der Waals surface area contributed by atoms with E-state index < -0.39 is 11.7 Å². The number of nitrogens with one attached hydrogen (secondary N) is 1. The predicted octanol–water partition coefficient (Wildman–Crippen LogP) is 4.35. The van der Waals surface area contributed by atoms with Gasteiger partial charge in [-0.3, -0.25) is 4.79 Å². The number of carbonyl (C=O) groups is 2. The Morgan fingerprint density at radius 3 is 2.11 bits per heavy atom. The van der Waals surface area contributed by atoms with E-state index in [0.717, 1.165) is 16.7 Å². The first-order valence-corrected chi connectivity index (χ1v) is 9.00. The zero-order chi connectivity index (χ0) is 19.9. The van der Waals surface area contributed by atoms with Gasteiger partial charge in [0.15, 0.2) is 0 Å². The molecule has 1 N–H and O–H groups in total. The Bertz CT molecular complexity index is 748. The van der Waals surface area contributed by atoms with E-state index in [9.17, 15) is 9.59 Å². The second-order valence-electron chi connectivity index (χ2n) is 7.41. The molecule has 0 aromatic heterocycles. The van der Waals surface area contributed by atoms with Crippen molar-refractivity contribution >= 4 is 12.1 Å². The third-order valence-corrected chi connectivity index (χ3v) is 3.75. The topological polar surface area (TPSA) is 64.6 Å². The maximum absolute atomic E-state index is 12.1. The summed E-state index contributed by atoms with van der Waals surface area (Å²) in [7, 11) is 0. The van der Waals surface area contributed by atoms with Crippen LogP contribution in [0.3, 0.4) is 0 Å². The summed E-state index contributed by atoms with van der Waals surface area (Å²) < 4.78 is 10.4. The van der Waals surface area contributed by atoms with Gasteiger partial charge < -0.3 is 14.8 Å². The number of hydrogen-bond acceptors (Lipinski definition) is 4. The molecular weight excluding hydrogens is 342 g/mol. The largest absolute Gasteiger partial charge is 0.464 e. The Balaban J connectivity index is 2.05. The standard InChI is InChI=1S/C22H27NO4/c1-16(24)26-15-20(23-21(25)27-22(2,3)4)14-17-10-12-19(13-11-17)18-8-6-5-7-9-18/h5-13,20H,14-15H2,1-4H3,(H,23,25)/t20-/m1/s1. The molecule has 0 fully saturated rings. The Morgan fingerprint density at radius 1 is 0.963 bits per heavy atom. The molecule has 0 aliphatic carbocycles. The van der Waals surface area contributed by atoms with Crippen LogP contribution in [-0.4, -0.2) is 30.3 Å². The molecule has 0 radical (unpaired) electrons. The van der Waals surface area contributed by atoms with Crippen molar-refractivity contribution in [1.82, 2.24) is 5.32 Å². The van der Waals surface area contributed by atoms with Gasteiger partial charge in [0.25, 0.3) is 0 Å². The van der Waals surface area contributed by atoms with Crippen LogP contribution in [-0.2, 0) is 20.7 Å². The molecule has 0 saturated carbocycles. The van der Waals surface area contributed by atoms with Crippen LogP contribution in [0.1, 0.15) is 33.3 Å². The van der Waals surface area contributed by atoms with Crippen molar-refractivity contribution in [3.8, 4) is 11.1 Å². The van der Waals surface area contributed by atoms with Crippen LogP contribution < -0.4 is 5.32 Å². The molecule has 5 heteroatoms. The van der Waals surface area contributed by atoms with Crippen molar-refractivity contribution in [1.29, 1.82) is 0 Å². The summed E-state index contributed by atoms with van der Waals surface area (Å²) in [4.78, 5) is 23.2. The Hall–Kier alpha value is -2.82. The number of esters is 1. The van der Waals surface area contributed by atoms with Gasteiger partial charge in [0.1, 0.15) is 12.2 Å². The second kappa shape index (κ2) is 9.21. The fourth-order valence-corrected chi connectivity index (χ4v) is 2.59. The summed E-state index contributed by atoms with van der Waals surface area (Å²) in [5.41, 5.74) is 2.71. The third-order valence-electron chi connectivity index (χ3n) is 3.75. The monoisotopic (exact) mass is 369 g/mol. The first-order valence-electron chi connectivity index (χ1n) is 9.00. The van der Waals surface area contributed by atoms with Gasteiger partial charge in [-0.05, 0) is 43.9 Å². The van der Waals surface area contributed by atoms with Gasteiger partial charge >= 0.3 is 12.1 Å². The summed E-state index contributed by atoms with van der Waals surface area (Å²) in [5.74, 6) is -0.384. The van der Waals surface area contributed by atoms with Crippen LogP contribution in [0.4, 0.5) is 4.79 Å². The third kappa shape index (κ3) is 7.52. The highest BCUT2D eigenvalue weighted by Crippen LogP contribution is 2.20. The van der Waals surface area contributed by atoms with Crippen LogP contribution in [0.15, 0.2) is 54.6 Å². The lowest BCUT2D eigenvalue weighted by atomic mass is 10.0. The highest BCUT2D eigenvalue weighted by molar-refractivity contribution is 5.69. The lowest BCUT2D eigenvalue weighted by Gasteiger charge is -2.23. The first kappa shape index (κ1) is 20.5. The van der Waals surface area contributed by atoms with Crippen LogP contribution in [0.2, 0.25) is 0 Å². The molecule has 144 valence electrons. The average molecular weight is 369 g/mol. The number of carbonyl (C=O) groups excluding carboxylic acids is 2. The Labute approximate surface area is 160 Å². The molecule has 0 heterocycles. The SMILES string of the molecule is CC(=O)OC[C@@H](Cc1ccc(-c2ccccc2)cc1)NC(=O)OC(C)(C)C.